The number of halogens is 1. The summed E-state index contributed by atoms with van der Waals surface area (Å²) in [7, 11) is 0. The van der Waals surface area contributed by atoms with Gasteiger partial charge in [0.2, 0.25) is 0 Å². The van der Waals surface area contributed by atoms with Crippen LogP contribution in [-0.2, 0) is 0 Å². The van der Waals surface area contributed by atoms with Gasteiger partial charge in [0, 0.05) is 0 Å². The summed E-state index contributed by atoms with van der Waals surface area (Å²) >= 11 is 0. The van der Waals surface area contributed by atoms with Gasteiger partial charge >= 0.3 is 0 Å². The van der Waals surface area contributed by atoms with Gasteiger partial charge in [0.1, 0.15) is 13.2 Å². The SMILES string of the molecule is Cl.N[C@@H](c1ccc2c(c1)OCCO2)[C@H](O)C1CCC1. The fourth-order valence-electron chi connectivity index (χ4n) is 2.54. The average molecular weight is 286 g/mol. The van der Waals surface area contributed by atoms with Crippen LogP contribution >= 0.6 is 12.4 Å². The van der Waals surface area contributed by atoms with E-state index in [4.69, 9.17) is 15.2 Å². The number of nitrogens with two attached hydrogens (primary N) is 1. The molecule has 0 unspecified atom stereocenters. The minimum atomic E-state index is -0.457. The first-order valence-electron chi connectivity index (χ1n) is 6.59. The minimum absolute atomic E-state index is 0. The zero-order valence-electron chi connectivity index (χ0n) is 10.7. The molecule has 1 saturated carbocycles. The number of ether oxygens (including phenoxy) is 2. The maximum Gasteiger partial charge on any atom is 0.161 e. The van der Waals surface area contributed by atoms with Crippen LogP contribution in [-0.4, -0.2) is 24.4 Å². The molecule has 0 spiro atoms. The first-order valence-corrected chi connectivity index (χ1v) is 6.59. The lowest BCUT2D eigenvalue weighted by molar-refractivity contribution is 0.0412. The first kappa shape index (κ1) is 14.4. The quantitative estimate of drug-likeness (QED) is 0.892. The van der Waals surface area contributed by atoms with Gasteiger partial charge in [0.25, 0.3) is 0 Å². The van der Waals surface area contributed by atoms with Crippen molar-refractivity contribution in [3.8, 4) is 11.5 Å². The van der Waals surface area contributed by atoms with Gasteiger partial charge in [-0.25, -0.2) is 0 Å². The summed E-state index contributed by atoms with van der Waals surface area (Å²) in [4.78, 5) is 0. The summed E-state index contributed by atoms with van der Waals surface area (Å²) in [6.07, 6.45) is 2.91. The number of rotatable bonds is 3. The van der Waals surface area contributed by atoms with Crippen LogP contribution in [0.15, 0.2) is 18.2 Å². The Morgan fingerprint density at radius 2 is 1.84 bits per heavy atom. The van der Waals surface area contributed by atoms with Gasteiger partial charge in [-0.1, -0.05) is 12.5 Å². The highest BCUT2D eigenvalue weighted by atomic mass is 35.5. The predicted molar refractivity (Wildman–Crippen MR) is 75.0 cm³/mol. The fourth-order valence-corrected chi connectivity index (χ4v) is 2.54. The highest BCUT2D eigenvalue weighted by Gasteiger charge is 2.31. The molecule has 1 aliphatic heterocycles. The van der Waals surface area contributed by atoms with Crippen molar-refractivity contribution in [1.29, 1.82) is 0 Å². The van der Waals surface area contributed by atoms with Crippen molar-refractivity contribution in [3.63, 3.8) is 0 Å². The number of hydrogen-bond acceptors (Lipinski definition) is 4. The molecular weight excluding hydrogens is 266 g/mol. The van der Waals surface area contributed by atoms with Crippen molar-refractivity contribution in [2.45, 2.75) is 31.4 Å². The Labute approximate surface area is 119 Å². The van der Waals surface area contributed by atoms with Crippen molar-refractivity contribution in [2.75, 3.05) is 13.2 Å². The molecule has 1 aromatic carbocycles. The Hall–Kier alpha value is -0.970. The second kappa shape index (κ2) is 5.99. The van der Waals surface area contributed by atoms with Gasteiger partial charge in [0.15, 0.2) is 11.5 Å². The third kappa shape index (κ3) is 2.81. The van der Waals surface area contributed by atoms with Crippen molar-refractivity contribution < 1.29 is 14.6 Å². The summed E-state index contributed by atoms with van der Waals surface area (Å²) in [5.74, 6) is 1.85. The summed E-state index contributed by atoms with van der Waals surface area (Å²) in [6.45, 7) is 1.15. The molecule has 0 saturated heterocycles. The van der Waals surface area contributed by atoms with Crippen LogP contribution in [0.3, 0.4) is 0 Å². The molecule has 1 heterocycles. The van der Waals surface area contributed by atoms with E-state index >= 15 is 0 Å². The third-order valence-electron chi connectivity index (χ3n) is 3.95. The molecule has 2 atom stereocenters. The second-order valence-corrected chi connectivity index (χ2v) is 5.11. The summed E-state index contributed by atoms with van der Waals surface area (Å²) in [6, 6.07) is 5.34. The van der Waals surface area contributed by atoms with Gasteiger partial charge < -0.3 is 20.3 Å². The van der Waals surface area contributed by atoms with Crippen molar-refractivity contribution >= 4 is 12.4 Å². The smallest absolute Gasteiger partial charge is 0.161 e. The van der Waals surface area contributed by atoms with Gasteiger partial charge in [-0.2, -0.15) is 0 Å². The molecule has 1 aromatic rings. The molecule has 2 aliphatic rings. The summed E-state index contributed by atoms with van der Waals surface area (Å²) in [5, 5.41) is 10.2. The average Bonchev–Trinajstić information content (AvgIpc) is 2.35. The molecule has 4 nitrogen and oxygen atoms in total. The molecule has 106 valence electrons. The number of benzene rings is 1. The van der Waals surface area contributed by atoms with E-state index in [1.54, 1.807) is 0 Å². The van der Waals surface area contributed by atoms with Gasteiger partial charge in [-0.05, 0) is 36.5 Å². The number of aliphatic hydroxyl groups excluding tert-OH is 1. The van der Waals surface area contributed by atoms with E-state index in [1.807, 2.05) is 18.2 Å². The molecule has 3 rings (SSSR count). The van der Waals surface area contributed by atoms with E-state index < -0.39 is 6.10 Å². The van der Waals surface area contributed by atoms with Crippen LogP contribution < -0.4 is 15.2 Å². The molecule has 5 heteroatoms. The zero-order valence-corrected chi connectivity index (χ0v) is 11.6. The van der Waals surface area contributed by atoms with Crippen LogP contribution in [0.4, 0.5) is 0 Å². The van der Waals surface area contributed by atoms with Gasteiger partial charge in [0.05, 0.1) is 12.1 Å². The highest BCUT2D eigenvalue weighted by molar-refractivity contribution is 5.85. The Kier molecular flexibility index (Phi) is 4.55. The van der Waals surface area contributed by atoms with Crippen molar-refractivity contribution in [1.82, 2.24) is 0 Å². The van der Waals surface area contributed by atoms with Crippen LogP contribution in [0, 0.1) is 5.92 Å². The lowest BCUT2D eigenvalue weighted by atomic mass is 9.77. The molecule has 3 N–H and O–H groups in total. The van der Waals surface area contributed by atoms with E-state index in [2.05, 4.69) is 0 Å². The molecular formula is C14H20ClNO3. The van der Waals surface area contributed by atoms with Crippen LogP contribution in [0.2, 0.25) is 0 Å². The topological polar surface area (TPSA) is 64.7 Å². The van der Waals surface area contributed by atoms with E-state index in [0.717, 1.165) is 29.9 Å². The molecule has 0 aromatic heterocycles. The molecule has 1 fully saturated rings. The first-order chi connectivity index (χ1) is 8.75. The Morgan fingerprint density at radius 3 is 2.47 bits per heavy atom. The van der Waals surface area contributed by atoms with E-state index in [1.165, 1.54) is 6.42 Å². The molecule has 0 bridgehead atoms. The van der Waals surface area contributed by atoms with Crippen molar-refractivity contribution in [3.05, 3.63) is 23.8 Å². The lowest BCUT2D eigenvalue weighted by Gasteiger charge is -2.34. The monoisotopic (exact) mass is 285 g/mol. The predicted octanol–water partition coefficient (Wildman–Crippen LogP) is 2.04. The standard InChI is InChI=1S/C14H19NO3.ClH/c15-13(14(16)9-2-1-3-9)10-4-5-11-12(8-10)18-7-6-17-11;/h4-5,8-9,13-14,16H,1-3,6-7,15H2;1H/t13-,14+;/m0./s1. The maximum atomic E-state index is 10.2. The van der Waals surface area contributed by atoms with Crippen molar-refractivity contribution in [2.24, 2.45) is 11.7 Å². The third-order valence-corrected chi connectivity index (χ3v) is 3.95. The van der Waals surface area contributed by atoms with E-state index in [0.29, 0.717) is 19.1 Å². The molecule has 1 aliphatic carbocycles. The maximum absolute atomic E-state index is 10.2. The second-order valence-electron chi connectivity index (χ2n) is 5.11. The normalized spacial score (nSPS) is 20.9. The number of fused-ring (bicyclic) bond motifs is 1. The highest BCUT2D eigenvalue weighted by Crippen LogP contribution is 2.37. The fraction of sp³-hybridized carbons (Fsp3) is 0.571. The number of hydrogen-bond donors (Lipinski definition) is 2. The summed E-state index contributed by atoms with van der Waals surface area (Å²) < 4.78 is 11.0. The minimum Gasteiger partial charge on any atom is -0.486 e. The molecule has 0 amide bonds. The largest absolute Gasteiger partial charge is 0.486 e. The van der Waals surface area contributed by atoms with Crippen LogP contribution in [0.5, 0.6) is 11.5 Å². The molecule has 19 heavy (non-hydrogen) atoms. The van der Waals surface area contributed by atoms with Gasteiger partial charge in [-0.15, -0.1) is 12.4 Å². The lowest BCUT2D eigenvalue weighted by Crippen LogP contribution is -2.36. The van der Waals surface area contributed by atoms with E-state index in [-0.39, 0.29) is 18.4 Å². The Balaban J connectivity index is 0.00000133. The number of aliphatic hydroxyl groups is 1. The molecule has 0 radical (unpaired) electrons. The summed E-state index contributed by atoms with van der Waals surface area (Å²) in [5.41, 5.74) is 7.05. The van der Waals surface area contributed by atoms with Crippen LogP contribution in [0.1, 0.15) is 30.9 Å². The Morgan fingerprint density at radius 1 is 1.16 bits per heavy atom. The van der Waals surface area contributed by atoms with E-state index in [9.17, 15) is 5.11 Å². The van der Waals surface area contributed by atoms with Gasteiger partial charge in [-0.3, -0.25) is 0 Å². The van der Waals surface area contributed by atoms with Crippen LogP contribution in [0.25, 0.3) is 0 Å². The zero-order chi connectivity index (χ0) is 12.5. The Bertz CT molecular complexity index is 437.